The molecule has 0 bridgehead atoms. The molecule has 0 spiro atoms. The molecule has 3 aromatic rings. The highest BCUT2D eigenvalue weighted by molar-refractivity contribution is 5.98. The normalized spacial score (nSPS) is 12.2. The summed E-state index contributed by atoms with van der Waals surface area (Å²) in [5.41, 5.74) is 4.74. The lowest BCUT2D eigenvalue weighted by Gasteiger charge is -2.12. The van der Waals surface area contributed by atoms with Crippen molar-refractivity contribution < 1.29 is 19.5 Å². The molecule has 172 valence electrons. The third kappa shape index (κ3) is 7.45. The van der Waals surface area contributed by atoms with Crippen LogP contribution in [0, 0.1) is 5.92 Å². The van der Waals surface area contributed by atoms with Crippen molar-refractivity contribution in [2.45, 2.75) is 33.1 Å². The Balaban J connectivity index is 1.42. The smallest absolute Gasteiger partial charge is 0.306 e. The van der Waals surface area contributed by atoms with Crippen LogP contribution < -0.4 is 4.74 Å². The highest BCUT2D eigenvalue weighted by Gasteiger charge is 2.16. The van der Waals surface area contributed by atoms with Gasteiger partial charge in [-0.2, -0.15) is 0 Å². The quantitative estimate of drug-likeness (QED) is 0.222. The number of benzene rings is 2. The van der Waals surface area contributed by atoms with E-state index >= 15 is 0 Å². The lowest BCUT2D eigenvalue weighted by Crippen LogP contribution is -2.16. The van der Waals surface area contributed by atoms with Crippen molar-refractivity contribution in [1.29, 1.82) is 0 Å². The Kier molecular flexibility index (Phi) is 9.00. The Bertz CT molecular complexity index is 1030. The Labute approximate surface area is 194 Å². The van der Waals surface area contributed by atoms with E-state index in [1.807, 2.05) is 80.6 Å². The van der Waals surface area contributed by atoms with Gasteiger partial charge in [0.15, 0.2) is 6.61 Å². The number of hydrogen-bond acceptors (Lipinski definition) is 5. The first kappa shape index (κ1) is 24.0. The molecule has 1 unspecified atom stereocenters. The third-order valence-corrected chi connectivity index (χ3v) is 5.30. The van der Waals surface area contributed by atoms with Crippen molar-refractivity contribution in [2.75, 3.05) is 13.2 Å². The van der Waals surface area contributed by atoms with E-state index in [1.54, 1.807) is 6.20 Å². The second-order valence-electron chi connectivity index (χ2n) is 7.82. The van der Waals surface area contributed by atoms with E-state index in [9.17, 15) is 9.90 Å². The fourth-order valence-corrected chi connectivity index (χ4v) is 3.48. The van der Waals surface area contributed by atoms with Gasteiger partial charge in [0.05, 0.1) is 17.3 Å². The lowest BCUT2D eigenvalue weighted by molar-refractivity contribution is -0.141. The molecule has 0 saturated heterocycles. The van der Waals surface area contributed by atoms with Gasteiger partial charge in [0, 0.05) is 11.8 Å². The maximum absolute atomic E-state index is 11.3. The highest BCUT2D eigenvalue weighted by Crippen LogP contribution is 2.19. The monoisotopic (exact) mass is 446 g/mol. The molecule has 6 heteroatoms. The van der Waals surface area contributed by atoms with Crippen LogP contribution in [0.5, 0.6) is 5.75 Å². The number of carboxylic acids is 1. The van der Waals surface area contributed by atoms with Crippen molar-refractivity contribution >= 4 is 11.7 Å². The summed E-state index contributed by atoms with van der Waals surface area (Å²) >= 11 is 0. The summed E-state index contributed by atoms with van der Waals surface area (Å²) < 4.78 is 5.70. The fraction of sp³-hybridized carbons (Fsp3) is 0.296. The maximum Gasteiger partial charge on any atom is 0.306 e. The van der Waals surface area contributed by atoms with E-state index in [2.05, 4.69) is 10.1 Å². The van der Waals surface area contributed by atoms with E-state index in [1.165, 1.54) is 0 Å². The van der Waals surface area contributed by atoms with E-state index in [-0.39, 0.29) is 5.92 Å². The minimum absolute atomic E-state index is 0.322. The van der Waals surface area contributed by atoms with Crippen LogP contribution in [0.1, 0.15) is 37.8 Å². The van der Waals surface area contributed by atoms with Crippen LogP contribution in [0.4, 0.5) is 0 Å². The Morgan fingerprint density at radius 2 is 1.79 bits per heavy atom. The topological polar surface area (TPSA) is 81.0 Å². The molecule has 1 N–H and O–H groups in total. The Morgan fingerprint density at radius 1 is 1.03 bits per heavy atom. The molecule has 0 fully saturated rings. The van der Waals surface area contributed by atoms with Gasteiger partial charge in [-0.05, 0) is 55.2 Å². The summed E-state index contributed by atoms with van der Waals surface area (Å²) in [7, 11) is 0. The summed E-state index contributed by atoms with van der Waals surface area (Å²) in [6.45, 7) is 4.59. The van der Waals surface area contributed by atoms with E-state index < -0.39 is 5.97 Å². The van der Waals surface area contributed by atoms with Gasteiger partial charge in [-0.1, -0.05) is 61.0 Å². The number of nitrogens with zero attached hydrogens (tertiary/aromatic N) is 2. The number of hydrogen-bond donors (Lipinski definition) is 1. The molecule has 0 saturated carbocycles. The average molecular weight is 447 g/mol. The summed E-state index contributed by atoms with van der Waals surface area (Å²) in [6, 6.07) is 21.4. The van der Waals surface area contributed by atoms with Gasteiger partial charge in [0.2, 0.25) is 0 Å². The number of ether oxygens (including phenoxy) is 1. The molecule has 2 aromatic carbocycles. The molecule has 1 heterocycles. The van der Waals surface area contributed by atoms with Crippen molar-refractivity contribution in [1.82, 2.24) is 4.98 Å². The minimum atomic E-state index is -0.741. The number of aromatic nitrogens is 1. The summed E-state index contributed by atoms with van der Waals surface area (Å²) in [6.07, 6.45) is 3.85. The van der Waals surface area contributed by atoms with Crippen molar-refractivity contribution in [3.05, 3.63) is 84.1 Å². The fourth-order valence-electron chi connectivity index (χ4n) is 3.48. The number of carboxylic acid groups (broad SMARTS) is 1. The molecule has 1 aromatic heterocycles. The number of carbonyl (C=O) groups is 1. The SMILES string of the molecule is CCCC(Cc1ccc(OCCON=C(C)c2ccc(-c3ccccn3)cc2)cc1)C(=O)O. The molecular formula is C27H30N2O4. The molecular weight excluding hydrogens is 416 g/mol. The Morgan fingerprint density at radius 3 is 2.42 bits per heavy atom. The first-order valence-electron chi connectivity index (χ1n) is 11.2. The summed E-state index contributed by atoms with van der Waals surface area (Å²) in [5, 5.41) is 13.5. The van der Waals surface area contributed by atoms with Gasteiger partial charge in [-0.25, -0.2) is 0 Å². The van der Waals surface area contributed by atoms with E-state index in [4.69, 9.17) is 9.57 Å². The molecule has 3 rings (SSSR count). The largest absolute Gasteiger partial charge is 0.490 e. The molecule has 0 aliphatic heterocycles. The molecule has 0 radical (unpaired) electrons. The van der Waals surface area contributed by atoms with E-state index in [0.717, 1.165) is 40.3 Å². The first-order valence-corrected chi connectivity index (χ1v) is 11.2. The lowest BCUT2D eigenvalue weighted by atomic mass is 9.95. The Hall–Kier alpha value is -3.67. The van der Waals surface area contributed by atoms with Gasteiger partial charge >= 0.3 is 5.97 Å². The van der Waals surface area contributed by atoms with Crippen LogP contribution in [-0.4, -0.2) is 35.0 Å². The molecule has 0 aliphatic rings. The minimum Gasteiger partial charge on any atom is -0.490 e. The second kappa shape index (κ2) is 12.4. The van der Waals surface area contributed by atoms with E-state index in [0.29, 0.717) is 26.1 Å². The summed E-state index contributed by atoms with van der Waals surface area (Å²) in [5.74, 6) is -0.368. The number of oxime groups is 1. The van der Waals surface area contributed by atoms with Gasteiger partial charge in [-0.15, -0.1) is 0 Å². The number of pyridine rings is 1. The van der Waals surface area contributed by atoms with Crippen LogP contribution in [0.15, 0.2) is 78.1 Å². The van der Waals surface area contributed by atoms with Crippen molar-refractivity contribution in [3.8, 4) is 17.0 Å². The van der Waals surface area contributed by atoms with Crippen LogP contribution in [-0.2, 0) is 16.1 Å². The molecule has 1 atom stereocenters. The van der Waals surface area contributed by atoms with Gasteiger partial charge in [0.25, 0.3) is 0 Å². The van der Waals surface area contributed by atoms with Crippen LogP contribution in [0.3, 0.4) is 0 Å². The first-order chi connectivity index (χ1) is 16.1. The zero-order valence-electron chi connectivity index (χ0n) is 19.1. The van der Waals surface area contributed by atoms with Crippen molar-refractivity contribution in [3.63, 3.8) is 0 Å². The number of rotatable bonds is 12. The maximum atomic E-state index is 11.3. The number of aliphatic carboxylic acids is 1. The standard InChI is InChI=1S/C27H30N2O4/c1-3-6-24(27(30)31)19-21-8-14-25(15-9-21)32-17-18-33-29-20(2)22-10-12-23(13-11-22)26-7-4-5-16-28-26/h4-5,7-16,24H,3,6,17-19H2,1-2H3,(H,30,31). The van der Waals surface area contributed by atoms with Crippen LogP contribution in [0.25, 0.3) is 11.3 Å². The third-order valence-electron chi connectivity index (χ3n) is 5.30. The molecule has 33 heavy (non-hydrogen) atoms. The highest BCUT2D eigenvalue weighted by atomic mass is 16.6. The molecule has 0 amide bonds. The second-order valence-corrected chi connectivity index (χ2v) is 7.82. The zero-order valence-corrected chi connectivity index (χ0v) is 19.1. The average Bonchev–Trinajstić information content (AvgIpc) is 2.85. The predicted octanol–water partition coefficient (Wildman–Crippen LogP) is 5.61. The molecule has 0 aliphatic carbocycles. The zero-order chi connectivity index (χ0) is 23.5. The summed E-state index contributed by atoms with van der Waals surface area (Å²) in [4.78, 5) is 21.1. The van der Waals surface area contributed by atoms with Gasteiger partial charge < -0.3 is 14.7 Å². The van der Waals surface area contributed by atoms with Crippen LogP contribution in [0.2, 0.25) is 0 Å². The van der Waals surface area contributed by atoms with Crippen molar-refractivity contribution in [2.24, 2.45) is 11.1 Å². The predicted molar refractivity (Wildman–Crippen MR) is 130 cm³/mol. The van der Waals surface area contributed by atoms with Gasteiger partial charge in [-0.3, -0.25) is 9.78 Å². The van der Waals surface area contributed by atoms with Crippen LogP contribution >= 0.6 is 0 Å². The molecule has 6 nitrogen and oxygen atoms in total. The van der Waals surface area contributed by atoms with Gasteiger partial charge in [0.1, 0.15) is 12.4 Å².